The summed E-state index contributed by atoms with van der Waals surface area (Å²) in [7, 11) is 1.67. The van der Waals surface area contributed by atoms with E-state index in [2.05, 4.69) is 5.32 Å². The summed E-state index contributed by atoms with van der Waals surface area (Å²) in [6, 6.07) is 0. The molecule has 0 aromatic heterocycles. The molecule has 0 fully saturated rings. The molecule has 3 heteroatoms. The molecule has 0 aliphatic carbocycles. The number of alkyl halides is 2. The minimum atomic E-state index is -2.47. The molecule has 0 aliphatic heterocycles. The lowest BCUT2D eigenvalue weighted by molar-refractivity contribution is -0.0103. The maximum absolute atomic E-state index is 12.3. The maximum Gasteiger partial charge on any atom is 0.249 e. The highest BCUT2D eigenvalue weighted by Crippen LogP contribution is 2.20. The Labute approximate surface area is 54.4 Å². The van der Waals surface area contributed by atoms with Gasteiger partial charge in [-0.1, -0.05) is 6.92 Å². The van der Waals surface area contributed by atoms with E-state index >= 15 is 0 Å². The molecule has 0 amide bonds. The minimum Gasteiger partial charge on any atom is -0.320 e. The topological polar surface area (TPSA) is 12.0 Å². The van der Waals surface area contributed by atoms with Gasteiger partial charge in [0.2, 0.25) is 5.92 Å². The lowest BCUT2D eigenvalue weighted by atomic mass is 10.2. The predicted octanol–water partition coefficient (Wildman–Crippen LogP) is 1.64. The molecule has 0 saturated heterocycles. The van der Waals surface area contributed by atoms with Gasteiger partial charge < -0.3 is 5.32 Å². The van der Waals surface area contributed by atoms with Gasteiger partial charge >= 0.3 is 0 Å². The first-order valence-corrected chi connectivity index (χ1v) is 3.15. The van der Waals surface area contributed by atoms with E-state index in [0.29, 0.717) is 6.54 Å². The van der Waals surface area contributed by atoms with Crippen LogP contribution in [0.3, 0.4) is 0 Å². The van der Waals surface area contributed by atoms with Gasteiger partial charge in [-0.25, -0.2) is 8.78 Å². The predicted molar refractivity (Wildman–Crippen MR) is 33.8 cm³/mol. The zero-order chi connectivity index (χ0) is 7.33. The lowest BCUT2D eigenvalue weighted by Gasteiger charge is -2.12. The number of hydrogen-bond donors (Lipinski definition) is 1. The summed E-state index contributed by atoms with van der Waals surface area (Å²) in [6.45, 7) is 1.89. The molecule has 0 unspecified atom stereocenters. The summed E-state index contributed by atoms with van der Waals surface area (Å²) in [5.74, 6) is -2.47. The van der Waals surface area contributed by atoms with E-state index < -0.39 is 5.92 Å². The fraction of sp³-hybridized carbons (Fsp3) is 1.00. The van der Waals surface area contributed by atoms with Crippen LogP contribution in [-0.2, 0) is 0 Å². The van der Waals surface area contributed by atoms with Gasteiger partial charge in [0, 0.05) is 19.4 Å². The van der Waals surface area contributed by atoms with E-state index in [9.17, 15) is 8.78 Å². The van der Waals surface area contributed by atoms with Gasteiger partial charge in [0.05, 0.1) is 0 Å². The third-order valence-corrected chi connectivity index (χ3v) is 1.26. The SMILES string of the molecule is CCC(F)(F)CCNC. The monoisotopic (exact) mass is 137 g/mol. The van der Waals surface area contributed by atoms with Gasteiger partial charge in [0.25, 0.3) is 0 Å². The number of halogens is 2. The molecule has 0 radical (unpaired) electrons. The number of rotatable bonds is 4. The van der Waals surface area contributed by atoms with Crippen LogP contribution >= 0.6 is 0 Å². The summed E-state index contributed by atoms with van der Waals surface area (Å²) >= 11 is 0. The Morgan fingerprint density at radius 1 is 1.44 bits per heavy atom. The zero-order valence-corrected chi connectivity index (χ0v) is 5.88. The van der Waals surface area contributed by atoms with Gasteiger partial charge in [0.1, 0.15) is 0 Å². The first kappa shape index (κ1) is 8.82. The van der Waals surface area contributed by atoms with Crippen LogP contribution in [0, 0.1) is 0 Å². The molecule has 0 rings (SSSR count). The molecule has 1 nitrogen and oxygen atoms in total. The van der Waals surface area contributed by atoms with Crippen molar-refractivity contribution < 1.29 is 8.78 Å². The van der Waals surface area contributed by atoms with Crippen molar-refractivity contribution in [1.82, 2.24) is 5.32 Å². The average molecular weight is 137 g/mol. The molecule has 56 valence electrons. The molecular weight excluding hydrogens is 124 g/mol. The van der Waals surface area contributed by atoms with Gasteiger partial charge in [-0.2, -0.15) is 0 Å². The summed E-state index contributed by atoms with van der Waals surface area (Å²) < 4.78 is 24.6. The Morgan fingerprint density at radius 2 is 2.00 bits per heavy atom. The van der Waals surface area contributed by atoms with E-state index in [-0.39, 0.29) is 12.8 Å². The Balaban J connectivity index is 3.33. The van der Waals surface area contributed by atoms with Crippen molar-refractivity contribution in [3.8, 4) is 0 Å². The van der Waals surface area contributed by atoms with Crippen LogP contribution in [0.15, 0.2) is 0 Å². The lowest BCUT2D eigenvalue weighted by Crippen LogP contribution is -2.21. The van der Waals surface area contributed by atoms with Crippen molar-refractivity contribution in [1.29, 1.82) is 0 Å². The molecule has 0 saturated carbocycles. The summed E-state index contributed by atoms with van der Waals surface area (Å²) in [6.07, 6.45) is -0.116. The van der Waals surface area contributed by atoms with E-state index in [0.717, 1.165) is 0 Å². The van der Waals surface area contributed by atoms with Crippen LogP contribution in [0.5, 0.6) is 0 Å². The second-order valence-electron chi connectivity index (χ2n) is 2.06. The molecule has 0 heterocycles. The Bertz CT molecular complexity index is 73.5. The quantitative estimate of drug-likeness (QED) is 0.621. The van der Waals surface area contributed by atoms with Crippen molar-refractivity contribution in [2.75, 3.05) is 13.6 Å². The van der Waals surface area contributed by atoms with Crippen molar-refractivity contribution in [3.63, 3.8) is 0 Å². The van der Waals surface area contributed by atoms with E-state index in [1.807, 2.05) is 0 Å². The smallest absolute Gasteiger partial charge is 0.249 e. The Kier molecular flexibility index (Phi) is 3.70. The zero-order valence-electron chi connectivity index (χ0n) is 5.88. The molecule has 1 N–H and O–H groups in total. The van der Waals surface area contributed by atoms with E-state index in [4.69, 9.17) is 0 Å². The van der Waals surface area contributed by atoms with Gasteiger partial charge in [-0.05, 0) is 7.05 Å². The minimum absolute atomic E-state index is 0.0556. The van der Waals surface area contributed by atoms with E-state index in [1.165, 1.54) is 6.92 Å². The summed E-state index contributed by atoms with van der Waals surface area (Å²) in [5, 5.41) is 2.68. The largest absolute Gasteiger partial charge is 0.320 e. The molecular formula is C6H13F2N. The van der Waals surface area contributed by atoms with Gasteiger partial charge in [0.15, 0.2) is 0 Å². The van der Waals surface area contributed by atoms with Crippen molar-refractivity contribution >= 4 is 0 Å². The van der Waals surface area contributed by atoms with Crippen molar-refractivity contribution in [2.24, 2.45) is 0 Å². The molecule has 0 aromatic rings. The molecule has 0 aliphatic rings. The Morgan fingerprint density at radius 3 is 2.33 bits per heavy atom. The normalized spacial score (nSPS) is 12.0. The van der Waals surface area contributed by atoms with Gasteiger partial charge in [-0.15, -0.1) is 0 Å². The first-order chi connectivity index (χ1) is 4.12. The highest BCUT2D eigenvalue weighted by molar-refractivity contribution is 4.63. The molecule has 0 aromatic carbocycles. The van der Waals surface area contributed by atoms with E-state index in [1.54, 1.807) is 7.05 Å². The Hall–Kier alpha value is -0.180. The molecule has 0 spiro atoms. The third-order valence-electron chi connectivity index (χ3n) is 1.26. The number of nitrogens with one attached hydrogen (secondary N) is 1. The van der Waals surface area contributed by atoms with Crippen LogP contribution in [-0.4, -0.2) is 19.5 Å². The summed E-state index contributed by atoms with van der Waals surface area (Å²) in [5.41, 5.74) is 0. The van der Waals surface area contributed by atoms with Crippen LogP contribution in [0.4, 0.5) is 8.78 Å². The maximum atomic E-state index is 12.3. The second kappa shape index (κ2) is 3.77. The molecule has 0 bridgehead atoms. The molecule has 0 atom stereocenters. The first-order valence-electron chi connectivity index (χ1n) is 3.15. The number of hydrogen-bond acceptors (Lipinski definition) is 1. The van der Waals surface area contributed by atoms with Gasteiger partial charge in [-0.3, -0.25) is 0 Å². The van der Waals surface area contributed by atoms with Crippen LogP contribution < -0.4 is 5.32 Å². The molecule has 9 heavy (non-hydrogen) atoms. The highest BCUT2D eigenvalue weighted by atomic mass is 19.3. The van der Waals surface area contributed by atoms with Crippen LogP contribution in [0.2, 0.25) is 0 Å². The van der Waals surface area contributed by atoms with Crippen molar-refractivity contribution in [3.05, 3.63) is 0 Å². The highest BCUT2D eigenvalue weighted by Gasteiger charge is 2.24. The van der Waals surface area contributed by atoms with Crippen molar-refractivity contribution in [2.45, 2.75) is 25.7 Å². The standard InChI is InChI=1S/C6H13F2N/c1-3-6(7,8)4-5-9-2/h9H,3-5H2,1-2H3. The summed E-state index contributed by atoms with van der Waals surface area (Å²) in [4.78, 5) is 0. The fourth-order valence-corrected chi connectivity index (χ4v) is 0.485. The average Bonchev–Trinajstić information content (AvgIpc) is 1.84. The second-order valence-corrected chi connectivity index (χ2v) is 2.06. The third kappa shape index (κ3) is 4.33. The fourth-order valence-electron chi connectivity index (χ4n) is 0.485. The van der Waals surface area contributed by atoms with Crippen LogP contribution in [0.25, 0.3) is 0 Å². The van der Waals surface area contributed by atoms with Crippen LogP contribution in [0.1, 0.15) is 19.8 Å².